The minimum absolute atomic E-state index is 0.0865. The average molecular weight is 340 g/mol. The van der Waals surface area contributed by atoms with Crippen molar-refractivity contribution in [2.24, 2.45) is 0 Å². The van der Waals surface area contributed by atoms with Gasteiger partial charge in [-0.15, -0.1) is 0 Å². The maximum Gasteiger partial charge on any atom is 0.312 e. The fraction of sp³-hybridized carbons (Fsp3) is 0.667. The number of hydrogen-bond donors (Lipinski definition) is 1. The van der Waals surface area contributed by atoms with Gasteiger partial charge >= 0.3 is 7.48 Å². The van der Waals surface area contributed by atoms with E-state index in [1.165, 1.54) is 6.07 Å². The Bertz CT molecular complexity index is 500. The largest absolute Gasteiger partial charge is 0.491 e. The van der Waals surface area contributed by atoms with Gasteiger partial charge in [0.05, 0.1) is 17.8 Å². The highest BCUT2D eigenvalue weighted by Crippen LogP contribution is 2.24. The van der Waals surface area contributed by atoms with Crippen molar-refractivity contribution < 1.29 is 23.6 Å². The maximum atomic E-state index is 14.1. The third-order valence-electron chi connectivity index (χ3n) is 4.23. The molecule has 0 aromatic heterocycles. The molecule has 6 heteroatoms. The highest BCUT2D eigenvalue weighted by Gasteiger charge is 2.35. The number of ether oxygens (including phenoxy) is 2. The van der Waals surface area contributed by atoms with E-state index in [1.54, 1.807) is 39.8 Å². The van der Waals surface area contributed by atoms with Crippen molar-refractivity contribution in [1.82, 2.24) is 0 Å². The van der Waals surface area contributed by atoms with Crippen molar-refractivity contribution in [2.75, 3.05) is 19.8 Å². The molecule has 0 saturated carbocycles. The van der Waals surface area contributed by atoms with Crippen LogP contribution in [0.3, 0.4) is 0 Å². The molecule has 0 heterocycles. The molecule has 1 rings (SSSR count). The van der Waals surface area contributed by atoms with Gasteiger partial charge in [-0.25, -0.2) is 4.39 Å². The second kappa shape index (κ2) is 9.40. The van der Waals surface area contributed by atoms with Gasteiger partial charge in [-0.2, -0.15) is 0 Å². The number of aliphatic hydroxyl groups is 1. The summed E-state index contributed by atoms with van der Waals surface area (Å²) in [5, 5.41) is 10.1. The molecule has 0 aliphatic carbocycles. The summed E-state index contributed by atoms with van der Waals surface area (Å²) in [6.45, 7) is 10.6. The molecule has 0 amide bonds. The highest BCUT2D eigenvalue weighted by molar-refractivity contribution is 6.47. The van der Waals surface area contributed by atoms with Gasteiger partial charge in [-0.1, -0.05) is 19.4 Å². The first-order valence-electron chi connectivity index (χ1n) is 8.52. The molecule has 0 spiro atoms. The predicted octanol–water partition coefficient (Wildman–Crippen LogP) is 2.56. The lowest BCUT2D eigenvalue weighted by Gasteiger charge is -2.37. The van der Waals surface area contributed by atoms with Crippen LogP contribution in [0.15, 0.2) is 18.2 Å². The van der Waals surface area contributed by atoms with E-state index in [1.807, 2.05) is 0 Å². The number of rotatable bonds is 11. The van der Waals surface area contributed by atoms with Crippen LogP contribution in [0, 0.1) is 5.82 Å². The molecule has 0 radical (unpaired) electrons. The summed E-state index contributed by atoms with van der Waals surface area (Å²) in [5.74, 6) is 0.0861. The molecule has 0 unspecified atom stereocenters. The zero-order valence-corrected chi connectivity index (χ0v) is 15.5. The van der Waals surface area contributed by atoms with E-state index in [9.17, 15) is 9.50 Å². The molecule has 0 atom stereocenters. The van der Waals surface area contributed by atoms with E-state index in [4.69, 9.17) is 14.1 Å². The third kappa shape index (κ3) is 6.79. The van der Waals surface area contributed by atoms with E-state index in [0.717, 1.165) is 19.4 Å². The smallest absolute Gasteiger partial charge is 0.312 e. The van der Waals surface area contributed by atoms with Crippen LogP contribution in [0.25, 0.3) is 0 Å². The van der Waals surface area contributed by atoms with Gasteiger partial charge in [-0.05, 0) is 45.6 Å². The average Bonchev–Trinajstić information content (AvgIpc) is 2.48. The fourth-order valence-corrected chi connectivity index (χ4v) is 1.74. The Morgan fingerprint density at radius 2 is 1.83 bits per heavy atom. The first-order chi connectivity index (χ1) is 11.2. The minimum Gasteiger partial charge on any atom is -0.491 e. The molecule has 0 bridgehead atoms. The van der Waals surface area contributed by atoms with Crippen molar-refractivity contribution in [3.8, 4) is 5.75 Å². The van der Waals surface area contributed by atoms with E-state index in [2.05, 4.69) is 6.92 Å². The van der Waals surface area contributed by atoms with Crippen molar-refractivity contribution in [2.45, 2.75) is 58.7 Å². The normalized spacial score (nSPS) is 12.3. The third-order valence-corrected chi connectivity index (χ3v) is 4.23. The van der Waals surface area contributed by atoms with Crippen LogP contribution in [0.4, 0.5) is 4.39 Å². The van der Waals surface area contributed by atoms with E-state index < -0.39 is 11.2 Å². The molecule has 1 aromatic carbocycles. The van der Waals surface area contributed by atoms with Gasteiger partial charge in [-0.3, -0.25) is 0 Å². The lowest BCUT2D eigenvalue weighted by atomic mass is 9.82. The van der Waals surface area contributed by atoms with Gasteiger partial charge in [0.1, 0.15) is 18.2 Å². The Morgan fingerprint density at radius 1 is 1.12 bits per heavy atom. The SMILES string of the molecule is CCCCOCCOc1ccc(BOC(C)(C)C(C)(C)O)c(F)c1. The molecule has 1 aromatic rings. The number of benzene rings is 1. The van der Waals surface area contributed by atoms with E-state index >= 15 is 0 Å². The lowest BCUT2D eigenvalue weighted by molar-refractivity contribution is -0.0893. The van der Waals surface area contributed by atoms with Crippen molar-refractivity contribution in [3.63, 3.8) is 0 Å². The first-order valence-corrected chi connectivity index (χ1v) is 8.52. The Balaban J connectivity index is 2.47. The van der Waals surface area contributed by atoms with Gasteiger partial charge in [0.25, 0.3) is 0 Å². The minimum atomic E-state index is -1.02. The standard InChI is InChI=1S/C18H30BFO4/c1-6-7-10-22-11-12-23-14-8-9-15(16(20)13-14)19-24-18(4,5)17(2,3)21/h8-9,13,19,21H,6-7,10-12H2,1-5H3. The molecule has 136 valence electrons. The van der Waals surface area contributed by atoms with Gasteiger partial charge < -0.3 is 19.2 Å². The zero-order chi connectivity index (χ0) is 18.2. The Morgan fingerprint density at radius 3 is 2.42 bits per heavy atom. The maximum absolute atomic E-state index is 14.1. The molecular formula is C18H30BFO4. The molecule has 24 heavy (non-hydrogen) atoms. The van der Waals surface area contributed by atoms with Crippen LogP contribution in [0.1, 0.15) is 47.5 Å². The van der Waals surface area contributed by atoms with Crippen molar-refractivity contribution in [3.05, 3.63) is 24.0 Å². The summed E-state index contributed by atoms with van der Waals surface area (Å²) >= 11 is 0. The summed E-state index contributed by atoms with van der Waals surface area (Å²) in [5.41, 5.74) is -1.38. The Hall–Kier alpha value is -1.11. The monoisotopic (exact) mass is 340 g/mol. The Labute approximate surface area is 145 Å². The second-order valence-corrected chi connectivity index (χ2v) is 6.93. The summed E-state index contributed by atoms with van der Waals surface area (Å²) < 4.78 is 30.7. The molecule has 4 nitrogen and oxygen atoms in total. The van der Waals surface area contributed by atoms with Gasteiger partial charge in [0.2, 0.25) is 0 Å². The molecule has 1 N–H and O–H groups in total. The Kier molecular flexibility index (Phi) is 8.20. The van der Waals surface area contributed by atoms with Gasteiger partial charge in [0, 0.05) is 12.7 Å². The molecular weight excluding hydrogens is 310 g/mol. The lowest BCUT2D eigenvalue weighted by Crippen LogP contribution is -2.49. The van der Waals surface area contributed by atoms with Crippen LogP contribution < -0.4 is 10.2 Å². The molecule has 0 saturated heterocycles. The van der Waals surface area contributed by atoms with Crippen LogP contribution in [-0.4, -0.2) is 43.6 Å². The second-order valence-electron chi connectivity index (χ2n) is 6.93. The van der Waals surface area contributed by atoms with Crippen LogP contribution in [0.2, 0.25) is 0 Å². The zero-order valence-electron chi connectivity index (χ0n) is 15.5. The van der Waals surface area contributed by atoms with Crippen LogP contribution >= 0.6 is 0 Å². The molecule has 0 fully saturated rings. The van der Waals surface area contributed by atoms with Crippen LogP contribution in [-0.2, 0) is 9.39 Å². The molecule has 0 aliphatic rings. The van der Waals surface area contributed by atoms with Crippen molar-refractivity contribution in [1.29, 1.82) is 0 Å². The topological polar surface area (TPSA) is 47.9 Å². The summed E-state index contributed by atoms with van der Waals surface area (Å²) in [7, 11) is 0.0865. The fourth-order valence-electron chi connectivity index (χ4n) is 1.74. The highest BCUT2D eigenvalue weighted by atomic mass is 19.1. The first kappa shape index (κ1) is 20.9. The summed E-state index contributed by atoms with van der Waals surface area (Å²) in [4.78, 5) is 0. The van der Waals surface area contributed by atoms with Crippen LogP contribution in [0.5, 0.6) is 5.75 Å². The predicted molar refractivity (Wildman–Crippen MR) is 95.9 cm³/mol. The van der Waals surface area contributed by atoms with E-state index in [0.29, 0.717) is 24.4 Å². The van der Waals surface area contributed by atoms with Crippen molar-refractivity contribution >= 4 is 12.9 Å². The number of halogens is 1. The quantitative estimate of drug-likeness (QED) is 0.497. The summed E-state index contributed by atoms with van der Waals surface area (Å²) in [6.07, 6.45) is 2.13. The van der Waals surface area contributed by atoms with Gasteiger partial charge in [0.15, 0.2) is 0 Å². The molecule has 0 aliphatic heterocycles. The number of hydrogen-bond acceptors (Lipinski definition) is 4. The van der Waals surface area contributed by atoms with E-state index in [-0.39, 0.29) is 13.3 Å². The number of unbranched alkanes of at least 4 members (excludes halogenated alkanes) is 1. The summed E-state index contributed by atoms with van der Waals surface area (Å²) in [6, 6.07) is 4.70.